The molecule has 1 atom stereocenters. The van der Waals surface area contributed by atoms with E-state index in [2.05, 4.69) is 30.0 Å². The molecule has 2 aromatic rings. The van der Waals surface area contributed by atoms with Crippen LogP contribution in [0.1, 0.15) is 32.1 Å². The normalized spacial score (nSPS) is 13.0. The lowest BCUT2D eigenvalue weighted by molar-refractivity contribution is 0.538. The molecule has 0 fully saturated rings. The van der Waals surface area contributed by atoms with Crippen LogP contribution < -0.4 is 10.0 Å². The summed E-state index contributed by atoms with van der Waals surface area (Å²) in [5, 5.41) is 2.91. The molecule has 2 rings (SSSR count). The summed E-state index contributed by atoms with van der Waals surface area (Å²) in [6, 6.07) is -0.418. The Kier molecular flexibility index (Phi) is 4.86. The second-order valence-electron chi connectivity index (χ2n) is 4.33. The molecular weight excluding hydrogens is 292 g/mol. The third-order valence-electron chi connectivity index (χ3n) is 2.83. The van der Waals surface area contributed by atoms with Gasteiger partial charge >= 0.3 is 0 Å². The van der Waals surface area contributed by atoms with Crippen molar-refractivity contribution in [1.82, 2.24) is 24.7 Å². The second-order valence-corrected chi connectivity index (χ2v) is 6.04. The molecule has 0 saturated heterocycles. The van der Waals surface area contributed by atoms with Gasteiger partial charge < -0.3 is 10.3 Å². The Morgan fingerprint density at radius 2 is 1.95 bits per heavy atom. The molecule has 0 aliphatic carbocycles. The maximum atomic E-state index is 12.3. The molecule has 21 heavy (non-hydrogen) atoms. The maximum Gasteiger partial charge on any atom is 0.244 e. The summed E-state index contributed by atoms with van der Waals surface area (Å²) in [7, 11) is -3.69. The Morgan fingerprint density at radius 1 is 1.24 bits per heavy atom. The van der Waals surface area contributed by atoms with Crippen LogP contribution in [0.5, 0.6) is 0 Å². The molecule has 0 aliphatic rings. The minimum Gasteiger partial charge on any atom is -0.355 e. The molecule has 1 unspecified atom stereocenters. The number of hydrogen-bond acceptors (Lipinski definition) is 6. The number of rotatable bonds is 7. The fraction of sp³-hybridized carbons (Fsp3) is 0.417. The van der Waals surface area contributed by atoms with E-state index >= 15 is 0 Å². The van der Waals surface area contributed by atoms with Gasteiger partial charge in [-0.3, -0.25) is 0 Å². The topological polar surface area (TPSA) is 113 Å². The van der Waals surface area contributed by atoms with Crippen LogP contribution in [-0.4, -0.2) is 34.9 Å². The number of H-pyrrole nitrogens is 1. The zero-order valence-electron chi connectivity index (χ0n) is 11.9. The molecule has 8 nitrogen and oxygen atoms in total. The highest BCUT2D eigenvalue weighted by atomic mass is 32.2. The maximum absolute atomic E-state index is 12.3. The first-order chi connectivity index (χ1) is 10.1. The van der Waals surface area contributed by atoms with Crippen LogP contribution in [0.3, 0.4) is 0 Å². The highest BCUT2D eigenvalue weighted by Gasteiger charge is 2.22. The van der Waals surface area contributed by atoms with Crippen molar-refractivity contribution in [3.63, 3.8) is 0 Å². The summed E-state index contributed by atoms with van der Waals surface area (Å²) in [6.07, 6.45) is 6.37. The molecule has 2 heterocycles. The largest absolute Gasteiger partial charge is 0.355 e. The lowest BCUT2D eigenvalue weighted by Crippen LogP contribution is -2.29. The molecule has 0 amide bonds. The van der Waals surface area contributed by atoms with Gasteiger partial charge in [-0.15, -0.1) is 0 Å². The lowest BCUT2D eigenvalue weighted by Gasteiger charge is -2.14. The van der Waals surface area contributed by atoms with Gasteiger partial charge in [-0.1, -0.05) is 6.92 Å². The zero-order valence-corrected chi connectivity index (χ0v) is 12.7. The summed E-state index contributed by atoms with van der Waals surface area (Å²) >= 11 is 0. The van der Waals surface area contributed by atoms with Crippen molar-refractivity contribution in [2.45, 2.75) is 31.2 Å². The summed E-state index contributed by atoms with van der Waals surface area (Å²) in [4.78, 5) is 14.9. The number of sulfonamides is 1. The summed E-state index contributed by atoms with van der Waals surface area (Å²) in [5.41, 5.74) is 0. The Balaban J connectivity index is 2.17. The van der Waals surface area contributed by atoms with Crippen LogP contribution in [-0.2, 0) is 10.0 Å². The number of nitrogens with zero attached hydrogens (tertiary/aromatic N) is 3. The summed E-state index contributed by atoms with van der Waals surface area (Å²) < 4.78 is 27.2. The van der Waals surface area contributed by atoms with Gasteiger partial charge in [0.05, 0.1) is 18.4 Å². The first-order valence-corrected chi connectivity index (χ1v) is 8.12. The van der Waals surface area contributed by atoms with Gasteiger partial charge in [-0.05, 0) is 13.3 Å². The first-order valence-electron chi connectivity index (χ1n) is 6.64. The van der Waals surface area contributed by atoms with Crippen LogP contribution in [0.25, 0.3) is 0 Å². The molecule has 2 aromatic heterocycles. The van der Waals surface area contributed by atoms with Crippen LogP contribution in [0, 0.1) is 0 Å². The number of imidazole rings is 1. The number of hydrogen-bond donors (Lipinski definition) is 3. The van der Waals surface area contributed by atoms with Gasteiger partial charge in [-0.25, -0.2) is 28.1 Å². The van der Waals surface area contributed by atoms with Gasteiger partial charge in [0, 0.05) is 18.9 Å². The minimum absolute atomic E-state index is 0.0224. The molecule has 0 bridgehead atoms. The van der Waals surface area contributed by atoms with E-state index in [4.69, 9.17) is 0 Å². The van der Waals surface area contributed by atoms with E-state index in [-0.39, 0.29) is 4.90 Å². The number of aromatic amines is 1. The Morgan fingerprint density at radius 3 is 2.48 bits per heavy atom. The van der Waals surface area contributed by atoms with E-state index in [9.17, 15) is 8.42 Å². The van der Waals surface area contributed by atoms with Crippen molar-refractivity contribution >= 4 is 16.0 Å². The second kappa shape index (κ2) is 6.64. The van der Waals surface area contributed by atoms with Crippen molar-refractivity contribution in [2.24, 2.45) is 0 Å². The predicted octanol–water partition coefficient (Wildman–Crippen LogP) is 1.06. The molecule has 3 N–H and O–H groups in total. The first kappa shape index (κ1) is 15.4. The van der Waals surface area contributed by atoms with Crippen molar-refractivity contribution in [3.05, 3.63) is 30.6 Å². The van der Waals surface area contributed by atoms with Gasteiger partial charge in [0.25, 0.3) is 0 Å². The van der Waals surface area contributed by atoms with Gasteiger partial charge in [0.15, 0.2) is 0 Å². The lowest BCUT2D eigenvalue weighted by atomic mass is 10.2. The third kappa shape index (κ3) is 3.76. The molecule has 0 spiro atoms. The number of nitrogens with one attached hydrogen (secondary N) is 3. The average molecular weight is 310 g/mol. The average Bonchev–Trinajstić information content (AvgIpc) is 3.00. The Labute approximate surface area is 123 Å². The summed E-state index contributed by atoms with van der Waals surface area (Å²) in [5.74, 6) is 0.973. The van der Waals surface area contributed by atoms with E-state index in [0.29, 0.717) is 24.7 Å². The van der Waals surface area contributed by atoms with Crippen LogP contribution in [0.2, 0.25) is 0 Å². The standard InChI is InChI=1S/C12H18N6O2S/c1-3-10(11-14-5-6-15-11)18-21(19,20)9-7-16-12(13-4-2)17-8-9/h5-8,10,18H,3-4H2,1-2H3,(H,14,15)(H,13,16,17). The number of anilines is 1. The van der Waals surface area contributed by atoms with E-state index < -0.39 is 16.1 Å². The summed E-state index contributed by atoms with van der Waals surface area (Å²) in [6.45, 7) is 4.45. The van der Waals surface area contributed by atoms with Crippen LogP contribution in [0.4, 0.5) is 5.95 Å². The smallest absolute Gasteiger partial charge is 0.244 e. The van der Waals surface area contributed by atoms with Crippen molar-refractivity contribution in [1.29, 1.82) is 0 Å². The predicted molar refractivity (Wildman–Crippen MR) is 78.1 cm³/mol. The SMILES string of the molecule is CCNc1ncc(S(=O)(=O)NC(CC)c2ncc[nH]2)cn1. The van der Waals surface area contributed by atoms with E-state index in [0.717, 1.165) is 0 Å². The molecule has 0 aromatic carbocycles. The molecule has 0 saturated carbocycles. The van der Waals surface area contributed by atoms with Crippen molar-refractivity contribution < 1.29 is 8.42 Å². The molecule has 0 radical (unpaired) electrons. The van der Waals surface area contributed by atoms with Crippen LogP contribution in [0.15, 0.2) is 29.7 Å². The monoisotopic (exact) mass is 310 g/mol. The fourth-order valence-corrected chi connectivity index (χ4v) is 2.93. The van der Waals surface area contributed by atoms with Crippen molar-refractivity contribution in [3.8, 4) is 0 Å². The Bertz CT molecular complexity index is 654. The quantitative estimate of drug-likeness (QED) is 0.705. The minimum atomic E-state index is -3.69. The third-order valence-corrected chi connectivity index (χ3v) is 4.25. The van der Waals surface area contributed by atoms with E-state index in [1.54, 1.807) is 12.4 Å². The van der Waals surface area contributed by atoms with Crippen molar-refractivity contribution in [2.75, 3.05) is 11.9 Å². The number of aromatic nitrogens is 4. The Hall–Kier alpha value is -2.00. The highest BCUT2D eigenvalue weighted by Crippen LogP contribution is 2.16. The van der Waals surface area contributed by atoms with E-state index in [1.165, 1.54) is 12.4 Å². The van der Waals surface area contributed by atoms with Crippen LogP contribution >= 0.6 is 0 Å². The fourth-order valence-electron chi connectivity index (χ4n) is 1.76. The van der Waals surface area contributed by atoms with E-state index in [1.807, 2.05) is 13.8 Å². The zero-order chi connectivity index (χ0) is 15.3. The van der Waals surface area contributed by atoms with Gasteiger partial charge in [0.2, 0.25) is 16.0 Å². The molecule has 114 valence electrons. The highest BCUT2D eigenvalue weighted by molar-refractivity contribution is 7.89. The van der Waals surface area contributed by atoms with Gasteiger partial charge in [0.1, 0.15) is 10.7 Å². The molecular formula is C12H18N6O2S. The molecule has 9 heteroatoms. The van der Waals surface area contributed by atoms with Gasteiger partial charge in [-0.2, -0.15) is 0 Å². The molecule has 0 aliphatic heterocycles.